The number of rotatable bonds is 3. The normalized spacial score (nSPS) is 20.5. The molecule has 0 aliphatic carbocycles. The maximum Gasteiger partial charge on any atom is 0.414 e. The zero-order valence-corrected chi connectivity index (χ0v) is 15.0. The zero-order valence-electron chi connectivity index (χ0n) is 14.2. The van der Waals surface area contributed by atoms with Gasteiger partial charge in [0.15, 0.2) is 0 Å². The second kappa shape index (κ2) is 6.63. The maximum absolute atomic E-state index is 12.3. The molecule has 126 valence electrons. The summed E-state index contributed by atoms with van der Waals surface area (Å²) in [6.07, 6.45) is 1.96. The molecule has 0 aromatic heterocycles. The molecular weight excluding hydrogens is 308 g/mol. The van der Waals surface area contributed by atoms with Crippen molar-refractivity contribution in [1.82, 2.24) is 0 Å². The van der Waals surface area contributed by atoms with Crippen molar-refractivity contribution >= 4 is 29.2 Å². The average Bonchev–Trinajstić information content (AvgIpc) is 3.12. The van der Waals surface area contributed by atoms with Gasteiger partial charge in [-0.05, 0) is 74.8 Å². The molecule has 5 heteroatoms. The third kappa shape index (κ3) is 4.14. The summed E-state index contributed by atoms with van der Waals surface area (Å²) in [5, 5.41) is 3.55. The van der Waals surface area contributed by atoms with Crippen molar-refractivity contribution in [3.05, 3.63) is 23.8 Å². The van der Waals surface area contributed by atoms with E-state index >= 15 is 0 Å². The number of anilines is 2. The van der Waals surface area contributed by atoms with Gasteiger partial charge in [-0.3, -0.25) is 4.90 Å². The topological polar surface area (TPSA) is 41.6 Å². The highest BCUT2D eigenvalue weighted by Crippen LogP contribution is 2.32. The van der Waals surface area contributed by atoms with E-state index in [9.17, 15) is 4.79 Å². The van der Waals surface area contributed by atoms with Crippen molar-refractivity contribution in [2.24, 2.45) is 5.92 Å². The summed E-state index contributed by atoms with van der Waals surface area (Å²) >= 11 is 2.05. The van der Waals surface area contributed by atoms with Gasteiger partial charge < -0.3 is 10.1 Å². The fourth-order valence-corrected chi connectivity index (χ4v) is 4.31. The summed E-state index contributed by atoms with van der Waals surface area (Å²) in [4.78, 5) is 14.0. The lowest BCUT2D eigenvalue weighted by molar-refractivity contribution is 0.0584. The third-order valence-corrected chi connectivity index (χ3v) is 5.44. The number of thioether (sulfide) groups is 1. The number of ether oxygens (including phenoxy) is 1. The van der Waals surface area contributed by atoms with Crippen molar-refractivity contribution < 1.29 is 9.53 Å². The molecule has 0 spiro atoms. The highest BCUT2D eigenvalue weighted by atomic mass is 32.2. The lowest BCUT2D eigenvalue weighted by atomic mass is 10.1. The van der Waals surface area contributed by atoms with Gasteiger partial charge in [-0.1, -0.05) is 0 Å². The number of amides is 1. The first-order chi connectivity index (χ1) is 10.9. The van der Waals surface area contributed by atoms with Crippen LogP contribution in [0.1, 0.15) is 32.8 Å². The highest BCUT2D eigenvalue weighted by Gasteiger charge is 2.29. The van der Waals surface area contributed by atoms with Crippen molar-refractivity contribution in [2.45, 2.75) is 39.2 Å². The van der Waals surface area contributed by atoms with Crippen LogP contribution in [0.15, 0.2) is 18.2 Å². The van der Waals surface area contributed by atoms with E-state index in [1.54, 1.807) is 4.90 Å². The second-order valence-corrected chi connectivity index (χ2v) is 8.49. The Morgan fingerprint density at radius 2 is 2.26 bits per heavy atom. The Balaban J connectivity index is 1.64. The predicted molar refractivity (Wildman–Crippen MR) is 97.6 cm³/mol. The minimum absolute atomic E-state index is 0.250. The van der Waals surface area contributed by atoms with Gasteiger partial charge in [0, 0.05) is 18.8 Å². The molecule has 23 heavy (non-hydrogen) atoms. The van der Waals surface area contributed by atoms with E-state index in [0.717, 1.165) is 30.3 Å². The number of nitrogens with one attached hydrogen (secondary N) is 1. The lowest BCUT2D eigenvalue weighted by Crippen LogP contribution is -2.35. The molecule has 2 aliphatic rings. The van der Waals surface area contributed by atoms with Gasteiger partial charge in [0.1, 0.15) is 5.60 Å². The van der Waals surface area contributed by atoms with Gasteiger partial charge in [0.25, 0.3) is 0 Å². The Morgan fingerprint density at radius 3 is 2.96 bits per heavy atom. The van der Waals surface area contributed by atoms with Gasteiger partial charge in [-0.2, -0.15) is 11.8 Å². The molecule has 0 bridgehead atoms. The van der Waals surface area contributed by atoms with Gasteiger partial charge in [-0.25, -0.2) is 4.79 Å². The van der Waals surface area contributed by atoms with Gasteiger partial charge >= 0.3 is 6.09 Å². The van der Waals surface area contributed by atoms with Crippen molar-refractivity contribution in [3.8, 4) is 0 Å². The second-order valence-electron chi connectivity index (χ2n) is 7.34. The van der Waals surface area contributed by atoms with Gasteiger partial charge in [0.2, 0.25) is 0 Å². The molecule has 1 unspecified atom stereocenters. The zero-order chi connectivity index (χ0) is 16.4. The van der Waals surface area contributed by atoms with Crippen LogP contribution in [-0.4, -0.2) is 36.3 Å². The van der Waals surface area contributed by atoms with Crippen LogP contribution in [0.25, 0.3) is 0 Å². The highest BCUT2D eigenvalue weighted by molar-refractivity contribution is 7.99. The predicted octanol–water partition coefficient (Wildman–Crippen LogP) is 4.15. The van der Waals surface area contributed by atoms with Crippen LogP contribution in [0.4, 0.5) is 16.2 Å². The van der Waals surface area contributed by atoms with Crippen LogP contribution in [0.5, 0.6) is 0 Å². The van der Waals surface area contributed by atoms with E-state index in [0.29, 0.717) is 6.54 Å². The Morgan fingerprint density at radius 1 is 1.43 bits per heavy atom. The summed E-state index contributed by atoms with van der Waals surface area (Å²) in [7, 11) is 0. The number of hydrogen-bond acceptors (Lipinski definition) is 4. The molecule has 1 fully saturated rings. The molecule has 2 heterocycles. The minimum atomic E-state index is -0.458. The van der Waals surface area contributed by atoms with E-state index in [1.165, 1.54) is 23.5 Å². The first kappa shape index (κ1) is 16.5. The minimum Gasteiger partial charge on any atom is -0.443 e. The molecule has 1 atom stereocenters. The molecule has 4 nitrogen and oxygen atoms in total. The standard InChI is InChI=1S/C18H26N2O2S/c1-18(2,3)22-17(21)20-8-6-14-10-15(4-5-16(14)20)19-11-13-7-9-23-12-13/h4-5,10,13,19H,6-9,11-12H2,1-3H3. The summed E-state index contributed by atoms with van der Waals surface area (Å²) in [6.45, 7) is 7.44. The Bertz CT molecular complexity index is 577. The molecule has 1 aromatic rings. The smallest absolute Gasteiger partial charge is 0.414 e. The molecule has 1 saturated heterocycles. The molecule has 1 aromatic carbocycles. The SMILES string of the molecule is CC(C)(C)OC(=O)N1CCc2cc(NCC3CCSC3)ccc21. The van der Waals surface area contributed by atoms with Crippen LogP contribution in [0.3, 0.4) is 0 Å². The summed E-state index contributed by atoms with van der Waals surface area (Å²) in [6, 6.07) is 6.30. The van der Waals surface area contributed by atoms with Gasteiger partial charge in [0.05, 0.1) is 5.69 Å². The van der Waals surface area contributed by atoms with Crippen LogP contribution in [0.2, 0.25) is 0 Å². The van der Waals surface area contributed by atoms with E-state index in [2.05, 4.69) is 17.4 Å². The molecule has 2 aliphatic heterocycles. The molecule has 1 N–H and O–H groups in total. The van der Waals surface area contributed by atoms with E-state index in [-0.39, 0.29) is 6.09 Å². The average molecular weight is 334 g/mol. The Labute approximate surface area is 143 Å². The number of hydrogen-bond donors (Lipinski definition) is 1. The van der Waals surface area contributed by atoms with Crippen LogP contribution < -0.4 is 10.2 Å². The van der Waals surface area contributed by atoms with Crippen LogP contribution >= 0.6 is 11.8 Å². The number of benzene rings is 1. The first-order valence-electron chi connectivity index (χ1n) is 8.37. The van der Waals surface area contributed by atoms with Crippen molar-refractivity contribution in [2.75, 3.05) is 34.8 Å². The number of carbonyl (C=O) groups excluding carboxylic acids is 1. The monoisotopic (exact) mass is 334 g/mol. The third-order valence-electron chi connectivity index (χ3n) is 4.21. The lowest BCUT2D eigenvalue weighted by Gasteiger charge is -2.24. The van der Waals surface area contributed by atoms with E-state index in [4.69, 9.17) is 4.74 Å². The van der Waals surface area contributed by atoms with Crippen molar-refractivity contribution in [1.29, 1.82) is 0 Å². The molecule has 0 radical (unpaired) electrons. The largest absolute Gasteiger partial charge is 0.443 e. The number of carbonyl (C=O) groups is 1. The van der Waals surface area contributed by atoms with E-state index in [1.807, 2.05) is 38.6 Å². The quantitative estimate of drug-likeness (QED) is 0.901. The Hall–Kier alpha value is -1.36. The maximum atomic E-state index is 12.3. The summed E-state index contributed by atoms with van der Waals surface area (Å²) in [5.41, 5.74) is 2.91. The van der Waals surface area contributed by atoms with E-state index < -0.39 is 5.60 Å². The summed E-state index contributed by atoms with van der Waals surface area (Å²) in [5.74, 6) is 3.35. The summed E-state index contributed by atoms with van der Waals surface area (Å²) < 4.78 is 5.49. The fraction of sp³-hybridized carbons (Fsp3) is 0.611. The number of fused-ring (bicyclic) bond motifs is 1. The fourth-order valence-electron chi connectivity index (χ4n) is 3.02. The van der Waals surface area contributed by atoms with Crippen LogP contribution in [-0.2, 0) is 11.2 Å². The molecule has 1 amide bonds. The van der Waals surface area contributed by atoms with Crippen LogP contribution in [0, 0.1) is 5.92 Å². The van der Waals surface area contributed by atoms with Crippen molar-refractivity contribution in [3.63, 3.8) is 0 Å². The number of nitrogens with zero attached hydrogens (tertiary/aromatic N) is 1. The molecular formula is C18H26N2O2S. The Kier molecular flexibility index (Phi) is 4.76. The molecule has 0 saturated carbocycles. The first-order valence-corrected chi connectivity index (χ1v) is 9.53. The van der Waals surface area contributed by atoms with Gasteiger partial charge in [-0.15, -0.1) is 0 Å². The molecule has 3 rings (SSSR count).